The van der Waals surface area contributed by atoms with Gasteiger partial charge >= 0.3 is 12.0 Å². The number of benzene rings is 1. The Morgan fingerprint density at radius 2 is 1.73 bits per heavy atom. The van der Waals surface area contributed by atoms with Crippen LogP contribution in [0.15, 0.2) is 43.0 Å². The molecular weight excluding hydrogens is 420 g/mol. The first-order chi connectivity index (χ1) is 16.0. The highest BCUT2D eigenvalue weighted by Crippen LogP contribution is 2.35. The molecule has 0 radical (unpaired) electrons. The minimum absolute atomic E-state index is 0.215. The summed E-state index contributed by atoms with van der Waals surface area (Å²) in [5, 5.41) is 9.50. The summed E-state index contributed by atoms with van der Waals surface area (Å²) in [6.07, 6.45) is 11.3. The molecule has 7 nitrogen and oxygen atoms in total. The van der Waals surface area contributed by atoms with E-state index in [-0.39, 0.29) is 6.10 Å². The van der Waals surface area contributed by atoms with Crippen molar-refractivity contribution in [2.45, 2.75) is 82.8 Å². The Morgan fingerprint density at radius 3 is 2.33 bits per heavy atom. The van der Waals surface area contributed by atoms with E-state index in [2.05, 4.69) is 6.58 Å². The van der Waals surface area contributed by atoms with Crippen LogP contribution in [0, 0.1) is 11.8 Å². The van der Waals surface area contributed by atoms with Crippen LogP contribution in [0.4, 0.5) is 4.79 Å². The number of esters is 1. The third-order valence-corrected chi connectivity index (χ3v) is 6.89. The van der Waals surface area contributed by atoms with Crippen LogP contribution in [0.1, 0.15) is 82.2 Å². The predicted molar refractivity (Wildman–Crippen MR) is 124 cm³/mol. The van der Waals surface area contributed by atoms with E-state index in [0.717, 1.165) is 56.3 Å². The summed E-state index contributed by atoms with van der Waals surface area (Å²) in [4.78, 5) is 40.9. The van der Waals surface area contributed by atoms with E-state index in [1.807, 2.05) is 0 Å². The molecule has 0 spiro atoms. The van der Waals surface area contributed by atoms with Gasteiger partial charge in [0, 0.05) is 5.92 Å². The summed E-state index contributed by atoms with van der Waals surface area (Å²) in [6.45, 7) is 3.77. The van der Waals surface area contributed by atoms with Crippen LogP contribution in [-0.4, -0.2) is 34.1 Å². The van der Waals surface area contributed by atoms with Crippen LogP contribution in [0.2, 0.25) is 0 Å². The van der Waals surface area contributed by atoms with Crippen molar-refractivity contribution in [2.75, 3.05) is 0 Å². The average Bonchev–Trinajstić information content (AvgIpc) is 3.54. The lowest BCUT2D eigenvalue weighted by Crippen LogP contribution is -2.50. The Bertz CT molecular complexity index is 800. The lowest BCUT2D eigenvalue weighted by atomic mass is 9.88. The molecule has 7 heteroatoms. The first kappa shape index (κ1) is 25.0. The molecule has 0 aromatic heterocycles. The number of nitrogens with zero attached hydrogens (tertiary/aromatic N) is 1. The minimum atomic E-state index is -1.26. The SMILES string of the molecule is C=CCCC(CC1CCCC1)C(=O)N(C(=O)NO)[C@H](C(=O)OC1CCCC1)c1ccccc1. The van der Waals surface area contributed by atoms with Crippen molar-refractivity contribution in [1.29, 1.82) is 0 Å². The second-order valence-electron chi connectivity index (χ2n) is 9.23. The number of nitrogens with one attached hydrogen (secondary N) is 1. The molecule has 0 aliphatic heterocycles. The predicted octanol–water partition coefficient (Wildman–Crippen LogP) is 5.30. The fourth-order valence-electron chi connectivity index (χ4n) is 5.17. The molecule has 180 valence electrons. The van der Waals surface area contributed by atoms with Crippen LogP contribution >= 0.6 is 0 Å². The molecule has 1 unspecified atom stereocenters. The van der Waals surface area contributed by atoms with Crippen molar-refractivity contribution in [2.24, 2.45) is 11.8 Å². The molecule has 2 saturated carbocycles. The molecule has 3 rings (SSSR count). The van der Waals surface area contributed by atoms with Gasteiger partial charge < -0.3 is 4.74 Å². The van der Waals surface area contributed by atoms with Crippen molar-refractivity contribution in [1.82, 2.24) is 10.4 Å². The van der Waals surface area contributed by atoms with Gasteiger partial charge in [0.2, 0.25) is 5.91 Å². The summed E-state index contributed by atoms with van der Waals surface area (Å²) in [5.74, 6) is -1.14. The van der Waals surface area contributed by atoms with E-state index in [9.17, 15) is 19.6 Å². The lowest BCUT2D eigenvalue weighted by molar-refractivity contribution is -0.159. The van der Waals surface area contributed by atoms with Crippen LogP contribution in [0.3, 0.4) is 0 Å². The van der Waals surface area contributed by atoms with Crippen LogP contribution in [-0.2, 0) is 14.3 Å². The maximum absolute atomic E-state index is 13.8. The molecule has 2 aliphatic rings. The third kappa shape index (κ3) is 6.67. The number of hydrogen-bond acceptors (Lipinski definition) is 5. The van der Waals surface area contributed by atoms with Crippen molar-refractivity contribution >= 4 is 17.9 Å². The number of amides is 3. The number of rotatable bonds is 10. The quantitative estimate of drug-likeness (QED) is 0.215. The molecular formula is C26H36N2O5. The molecule has 3 amide bonds. The van der Waals surface area contributed by atoms with Gasteiger partial charge in [0.15, 0.2) is 6.04 Å². The third-order valence-electron chi connectivity index (χ3n) is 6.89. The van der Waals surface area contributed by atoms with E-state index in [1.165, 1.54) is 0 Å². The zero-order valence-corrected chi connectivity index (χ0v) is 19.3. The number of hydroxylamine groups is 1. The van der Waals surface area contributed by atoms with Crippen molar-refractivity contribution in [3.05, 3.63) is 48.6 Å². The number of carbonyl (C=O) groups is 3. The standard InChI is InChI=1S/C26H36N2O5/c1-2-3-13-21(18-19-11-7-8-12-19)24(29)28(26(31)27-32)23(20-14-5-4-6-15-20)25(30)33-22-16-9-10-17-22/h2,4-6,14-15,19,21-23,32H,1,3,7-13,16-18H2,(H,27,31)/t21?,23-/m0/s1. The first-order valence-electron chi connectivity index (χ1n) is 12.2. The number of ether oxygens (including phenoxy) is 1. The highest BCUT2D eigenvalue weighted by molar-refractivity contribution is 5.99. The zero-order valence-electron chi connectivity index (χ0n) is 19.3. The number of imide groups is 1. The van der Waals surface area contributed by atoms with Crippen LogP contribution < -0.4 is 5.48 Å². The smallest absolute Gasteiger partial charge is 0.348 e. The van der Waals surface area contributed by atoms with Gasteiger partial charge in [-0.3, -0.25) is 10.0 Å². The van der Waals surface area contributed by atoms with E-state index in [4.69, 9.17) is 4.74 Å². The highest BCUT2D eigenvalue weighted by Gasteiger charge is 2.41. The summed E-state index contributed by atoms with van der Waals surface area (Å²) in [5.41, 5.74) is 2.06. The van der Waals surface area contributed by atoms with E-state index >= 15 is 0 Å². The molecule has 2 aliphatic carbocycles. The Hall–Kier alpha value is -2.67. The fourth-order valence-corrected chi connectivity index (χ4v) is 5.17. The molecule has 33 heavy (non-hydrogen) atoms. The van der Waals surface area contributed by atoms with Gasteiger partial charge in [-0.15, -0.1) is 6.58 Å². The normalized spacial score (nSPS) is 18.5. The maximum atomic E-state index is 13.8. The number of urea groups is 1. The number of carbonyl (C=O) groups excluding carboxylic acids is 3. The van der Waals surface area contributed by atoms with Gasteiger partial charge in [0.1, 0.15) is 6.10 Å². The summed E-state index contributed by atoms with van der Waals surface area (Å²) >= 11 is 0. The molecule has 0 saturated heterocycles. The van der Waals surface area contributed by atoms with Gasteiger partial charge in [-0.05, 0) is 56.4 Å². The summed E-state index contributed by atoms with van der Waals surface area (Å²) < 4.78 is 5.74. The van der Waals surface area contributed by atoms with Gasteiger partial charge in [-0.2, -0.15) is 0 Å². The van der Waals surface area contributed by atoms with E-state index < -0.39 is 29.9 Å². The molecule has 2 N–H and O–H groups in total. The van der Waals surface area contributed by atoms with Crippen LogP contribution in [0.25, 0.3) is 0 Å². The van der Waals surface area contributed by atoms with Crippen molar-refractivity contribution in [3.63, 3.8) is 0 Å². The largest absolute Gasteiger partial charge is 0.461 e. The lowest BCUT2D eigenvalue weighted by Gasteiger charge is -2.32. The molecule has 0 bridgehead atoms. The molecule has 1 aromatic rings. The van der Waals surface area contributed by atoms with E-state index in [1.54, 1.807) is 41.9 Å². The Morgan fingerprint density at radius 1 is 1.09 bits per heavy atom. The minimum Gasteiger partial charge on any atom is -0.461 e. The van der Waals surface area contributed by atoms with Crippen molar-refractivity contribution in [3.8, 4) is 0 Å². The maximum Gasteiger partial charge on any atom is 0.348 e. The summed E-state index contributed by atoms with van der Waals surface area (Å²) in [6, 6.07) is 6.40. The molecule has 2 atom stereocenters. The first-order valence-corrected chi connectivity index (χ1v) is 12.2. The Balaban J connectivity index is 1.92. The van der Waals surface area contributed by atoms with Crippen LogP contribution in [0.5, 0.6) is 0 Å². The number of hydrogen-bond donors (Lipinski definition) is 2. The Kier molecular flexibility index (Phi) is 9.48. The molecule has 0 heterocycles. The zero-order chi connectivity index (χ0) is 23.6. The number of allylic oxidation sites excluding steroid dienone is 1. The second kappa shape index (κ2) is 12.5. The highest BCUT2D eigenvalue weighted by atomic mass is 16.5. The topological polar surface area (TPSA) is 95.9 Å². The van der Waals surface area contributed by atoms with Gasteiger partial charge in [0.25, 0.3) is 0 Å². The Labute approximate surface area is 196 Å². The van der Waals surface area contributed by atoms with Gasteiger partial charge in [0.05, 0.1) is 0 Å². The second-order valence-corrected chi connectivity index (χ2v) is 9.23. The fraction of sp³-hybridized carbons (Fsp3) is 0.577. The monoisotopic (exact) mass is 456 g/mol. The van der Waals surface area contributed by atoms with E-state index in [0.29, 0.717) is 30.7 Å². The van der Waals surface area contributed by atoms with Crippen molar-refractivity contribution < 1.29 is 24.3 Å². The van der Waals surface area contributed by atoms with Gasteiger partial charge in [-0.25, -0.2) is 20.0 Å². The molecule has 2 fully saturated rings. The molecule has 1 aromatic carbocycles. The van der Waals surface area contributed by atoms with Gasteiger partial charge in [-0.1, -0.05) is 62.1 Å². The average molecular weight is 457 g/mol. The summed E-state index contributed by atoms with van der Waals surface area (Å²) in [7, 11) is 0.